The molecular formula is C18H27N3O2. The lowest BCUT2D eigenvalue weighted by Crippen LogP contribution is -2.50. The SMILES string of the molecule is CCOc1ccccc1N1CCN(C(=O)[C@@H]2CC[C@H](N)C2)CC1. The van der Waals surface area contributed by atoms with E-state index in [9.17, 15) is 4.79 Å². The number of rotatable bonds is 4. The summed E-state index contributed by atoms with van der Waals surface area (Å²) in [6.45, 7) is 5.94. The van der Waals surface area contributed by atoms with Gasteiger partial charge in [-0.2, -0.15) is 0 Å². The summed E-state index contributed by atoms with van der Waals surface area (Å²) < 4.78 is 5.72. The maximum atomic E-state index is 12.6. The molecule has 3 rings (SSSR count). The number of para-hydroxylation sites is 2. The molecule has 0 unspecified atom stereocenters. The van der Waals surface area contributed by atoms with Crippen molar-refractivity contribution in [1.82, 2.24) is 4.90 Å². The number of carbonyl (C=O) groups excluding carboxylic acids is 1. The Hall–Kier alpha value is -1.75. The van der Waals surface area contributed by atoms with Crippen LogP contribution in [0.4, 0.5) is 5.69 Å². The molecule has 1 aromatic rings. The second-order valence-electron chi connectivity index (χ2n) is 6.48. The highest BCUT2D eigenvalue weighted by Crippen LogP contribution is 2.30. The van der Waals surface area contributed by atoms with Crippen LogP contribution in [0.1, 0.15) is 26.2 Å². The second-order valence-corrected chi connectivity index (χ2v) is 6.48. The zero-order valence-corrected chi connectivity index (χ0v) is 13.9. The summed E-state index contributed by atoms with van der Waals surface area (Å²) in [4.78, 5) is 16.9. The maximum Gasteiger partial charge on any atom is 0.225 e. The van der Waals surface area contributed by atoms with Crippen LogP contribution < -0.4 is 15.4 Å². The van der Waals surface area contributed by atoms with Crippen LogP contribution in [0, 0.1) is 5.92 Å². The van der Waals surface area contributed by atoms with E-state index in [1.165, 1.54) is 0 Å². The van der Waals surface area contributed by atoms with Crippen LogP contribution in [-0.4, -0.2) is 49.6 Å². The van der Waals surface area contributed by atoms with Gasteiger partial charge in [0.1, 0.15) is 5.75 Å². The Morgan fingerprint density at radius 1 is 1.22 bits per heavy atom. The molecule has 126 valence electrons. The number of anilines is 1. The minimum Gasteiger partial charge on any atom is -0.492 e. The zero-order chi connectivity index (χ0) is 16.2. The first-order valence-corrected chi connectivity index (χ1v) is 8.70. The molecule has 0 aromatic heterocycles. The fraction of sp³-hybridized carbons (Fsp3) is 0.611. The summed E-state index contributed by atoms with van der Waals surface area (Å²) in [7, 11) is 0. The zero-order valence-electron chi connectivity index (χ0n) is 13.9. The van der Waals surface area contributed by atoms with Gasteiger partial charge in [0, 0.05) is 38.1 Å². The lowest BCUT2D eigenvalue weighted by molar-refractivity contribution is -0.135. The number of nitrogens with two attached hydrogens (primary N) is 1. The molecule has 1 aliphatic heterocycles. The average molecular weight is 317 g/mol. The van der Waals surface area contributed by atoms with Gasteiger partial charge in [-0.3, -0.25) is 4.79 Å². The Balaban J connectivity index is 1.59. The van der Waals surface area contributed by atoms with Crippen LogP contribution in [0.3, 0.4) is 0 Å². The lowest BCUT2D eigenvalue weighted by atomic mass is 10.1. The fourth-order valence-electron chi connectivity index (χ4n) is 3.66. The highest BCUT2D eigenvalue weighted by atomic mass is 16.5. The molecule has 0 spiro atoms. The standard InChI is InChI=1S/C18H27N3O2/c1-2-23-17-6-4-3-5-16(17)20-9-11-21(12-10-20)18(22)14-7-8-15(19)13-14/h3-6,14-15H,2,7-13,19H2,1H3/t14-,15+/m1/s1. The van der Waals surface area contributed by atoms with Crippen LogP contribution in [0.15, 0.2) is 24.3 Å². The van der Waals surface area contributed by atoms with E-state index >= 15 is 0 Å². The van der Waals surface area contributed by atoms with E-state index in [1.807, 2.05) is 30.0 Å². The molecule has 2 atom stereocenters. The molecule has 1 aliphatic carbocycles. The molecule has 2 aliphatic rings. The topological polar surface area (TPSA) is 58.8 Å². The Labute approximate surface area is 138 Å². The minimum absolute atomic E-state index is 0.146. The molecule has 5 heteroatoms. The largest absolute Gasteiger partial charge is 0.492 e. The molecule has 5 nitrogen and oxygen atoms in total. The first kappa shape index (κ1) is 16.1. The van der Waals surface area contributed by atoms with Crippen LogP contribution in [0.5, 0.6) is 5.75 Å². The number of piperazine rings is 1. The van der Waals surface area contributed by atoms with Crippen molar-refractivity contribution < 1.29 is 9.53 Å². The smallest absolute Gasteiger partial charge is 0.225 e. The number of nitrogens with zero attached hydrogens (tertiary/aromatic N) is 2. The maximum absolute atomic E-state index is 12.6. The molecule has 1 saturated carbocycles. The first-order valence-electron chi connectivity index (χ1n) is 8.70. The Morgan fingerprint density at radius 2 is 1.96 bits per heavy atom. The van der Waals surface area contributed by atoms with E-state index in [0.29, 0.717) is 12.5 Å². The van der Waals surface area contributed by atoms with Gasteiger partial charge < -0.3 is 20.3 Å². The molecule has 1 amide bonds. The number of amides is 1. The predicted molar refractivity (Wildman–Crippen MR) is 91.7 cm³/mol. The fourth-order valence-corrected chi connectivity index (χ4v) is 3.66. The van der Waals surface area contributed by atoms with E-state index in [2.05, 4.69) is 11.0 Å². The number of carbonyl (C=O) groups is 1. The number of benzene rings is 1. The van der Waals surface area contributed by atoms with Crippen molar-refractivity contribution in [2.75, 3.05) is 37.7 Å². The Bertz CT molecular complexity index is 541. The molecule has 23 heavy (non-hydrogen) atoms. The van der Waals surface area contributed by atoms with Crippen LogP contribution in [-0.2, 0) is 4.79 Å². The average Bonchev–Trinajstić information content (AvgIpc) is 3.02. The Morgan fingerprint density at radius 3 is 2.61 bits per heavy atom. The first-order chi connectivity index (χ1) is 11.2. The van der Waals surface area contributed by atoms with Gasteiger partial charge in [0.25, 0.3) is 0 Å². The van der Waals surface area contributed by atoms with Crippen LogP contribution in [0.2, 0.25) is 0 Å². The summed E-state index contributed by atoms with van der Waals surface area (Å²) >= 11 is 0. The summed E-state index contributed by atoms with van der Waals surface area (Å²) in [5.41, 5.74) is 7.07. The highest BCUT2D eigenvalue weighted by Gasteiger charge is 2.32. The number of hydrogen-bond acceptors (Lipinski definition) is 4. The summed E-state index contributed by atoms with van der Waals surface area (Å²) in [5.74, 6) is 1.37. The summed E-state index contributed by atoms with van der Waals surface area (Å²) in [6, 6.07) is 8.35. The summed E-state index contributed by atoms with van der Waals surface area (Å²) in [6.07, 6.45) is 2.79. The van der Waals surface area contributed by atoms with Crippen molar-refractivity contribution in [2.24, 2.45) is 11.7 Å². The molecule has 0 bridgehead atoms. The van der Waals surface area contributed by atoms with Crippen molar-refractivity contribution in [3.63, 3.8) is 0 Å². The Kier molecular flexibility index (Phi) is 5.06. The van der Waals surface area contributed by atoms with E-state index in [0.717, 1.165) is 56.9 Å². The third-order valence-electron chi connectivity index (χ3n) is 4.92. The van der Waals surface area contributed by atoms with Crippen molar-refractivity contribution in [3.8, 4) is 5.75 Å². The molecule has 2 N–H and O–H groups in total. The van der Waals surface area contributed by atoms with Crippen molar-refractivity contribution in [3.05, 3.63) is 24.3 Å². The van der Waals surface area contributed by atoms with Gasteiger partial charge in [-0.15, -0.1) is 0 Å². The molecule has 1 aromatic carbocycles. The molecular weight excluding hydrogens is 290 g/mol. The summed E-state index contributed by atoms with van der Waals surface area (Å²) in [5, 5.41) is 0. The van der Waals surface area contributed by atoms with E-state index in [1.54, 1.807) is 0 Å². The molecule has 2 fully saturated rings. The number of hydrogen-bond donors (Lipinski definition) is 1. The van der Waals surface area contributed by atoms with Gasteiger partial charge in [-0.25, -0.2) is 0 Å². The normalized spacial score (nSPS) is 24.8. The number of ether oxygens (including phenoxy) is 1. The van der Waals surface area contributed by atoms with Gasteiger partial charge in [-0.1, -0.05) is 12.1 Å². The lowest BCUT2D eigenvalue weighted by Gasteiger charge is -2.37. The molecule has 0 radical (unpaired) electrons. The van der Waals surface area contributed by atoms with Gasteiger partial charge >= 0.3 is 0 Å². The van der Waals surface area contributed by atoms with Gasteiger partial charge in [0.2, 0.25) is 5.91 Å². The van der Waals surface area contributed by atoms with Gasteiger partial charge in [-0.05, 0) is 38.3 Å². The molecule has 1 heterocycles. The predicted octanol–water partition coefficient (Wildman–Crippen LogP) is 1.86. The van der Waals surface area contributed by atoms with Crippen molar-refractivity contribution in [1.29, 1.82) is 0 Å². The van der Waals surface area contributed by atoms with Crippen LogP contribution >= 0.6 is 0 Å². The van der Waals surface area contributed by atoms with Gasteiger partial charge in [0.05, 0.1) is 12.3 Å². The van der Waals surface area contributed by atoms with E-state index < -0.39 is 0 Å². The van der Waals surface area contributed by atoms with Gasteiger partial charge in [0.15, 0.2) is 0 Å². The monoisotopic (exact) mass is 317 g/mol. The second kappa shape index (κ2) is 7.21. The minimum atomic E-state index is 0.146. The highest BCUT2D eigenvalue weighted by molar-refractivity contribution is 5.79. The third-order valence-corrected chi connectivity index (χ3v) is 4.92. The molecule has 1 saturated heterocycles. The van der Waals surface area contributed by atoms with Crippen LogP contribution in [0.25, 0.3) is 0 Å². The van der Waals surface area contributed by atoms with E-state index in [4.69, 9.17) is 10.5 Å². The third kappa shape index (κ3) is 3.61. The van der Waals surface area contributed by atoms with Crippen molar-refractivity contribution >= 4 is 11.6 Å². The van der Waals surface area contributed by atoms with Crippen molar-refractivity contribution in [2.45, 2.75) is 32.2 Å². The van der Waals surface area contributed by atoms with E-state index in [-0.39, 0.29) is 12.0 Å². The quantitative estimate of drug-likeness (QED) is 0.921.